The molecule has 0 saturated heterocycles. The number of nitrogens with zero attached hydrogens (tertiary/aromatic N) is 1. The number of alkyl halides is 6. The maximum absolute atomic E-state index is 13.2. The molecule has 1 amide bonds. The fourth-order valence-corrected chi connectivity index (χ4v) is 3.79. The maximum Gasteiger partial charge on any atom is 0.430 e. The Kier molecular flexibility index (Phi) is 6.10. The molecule has 1 aliphatic heterocycles. The summed E-state index contributed by atoms with van der Waals surface area (Å²) in [5, 5.41) is 9.70. The summed E-state index contributed by atoms with van der Waals surface area (Å²) >= 11 is 0. The Labute approximate surface area is 175 Å². The van der Waals surface area contributed by atoms with E-state index in [2.05, 4.69) is 0 Å². The van der Waals surface area contributed by atoms with Gasteiger partial charge in [-0.3, -0.25) is 4.79 Å². The summed E-state index contributed by atoms with van der Waals surface area (Å²) in [6.07, 6.45) is -10.6. The number of benzene rings is 2. The molecule has 0 atom stereocenters. The second kappa shape index (κ2) is 8.18. The van der Waals surface area contributed by atoms with Crippen LogP contribution in [0.5, 0.6) is 0 Å². The molecule has 0 spiro atoms. The highest BCUT2D eigenvalue weighted by Crippen LogP contribution is 2.50. The zero-order valence-corrected chi connectivity index (χ0v) is 16.6. The van der Waals surface area contributed by atoms with E-state index in [0.29, 0.717) is 25.5 Å². The quantitative estimate of drug-likeness (QED) is 0.659. The fourth-order valence-electron chi connectivity index (χ4n) is 3.79. The number of rotatable bonds is 3. The number of halogens is 6. The van der Waals surface area contributed by atoms with E-state index in [1.54, 1.807) is 12.1 Å². The van der Waals surface area contributed by atoms with Gasteiger partial charge in [0.1, 0.15) is 0 Å². The first-order valence-electron chi connectivity index (χ1n) is 9.70. The largest absolute Gasteiger partial charge is 0.430 e. The molecule has 0 bridgehead atoms. The summed E-state index contributed by atoms with van der Waals surface area (Å²) in [6.45, 7) is 2.15. The number of aryl methyl sites for hydroxylation is 2. The molecule has 2 aromatic rings. The average Bonchev–Trinajstić information content (AvgIpc) is 2.89. The molecular weight excluding hydrogens is 424 g/mol. The van der Waals surface area contributed by atoms with Crippen molar-refractivity contribution in [2.45, 2.75) is 50.6 Å². The van der Waals surface area contributed by atoms with E-state index in [0.717, 1.165) is 23.3 Å². The Morgan fingerprint density at radius 3 is 2.26 bits per heavy atom. The Morgan fingerprint density at radius 1 is 1.00 bits per heavy atom. The second-order valence-corrected chi connectivity index (χ2v) is 7.66. The van der Waals surface area contributed by atoms with E-state index in [1.807, 2.05) is 19.1 Å². The molecule has 9 heteroatoms. The van der Waals surface area contributed by atoms with E-state index in [9.17, 15) is 36.2 Å². The Balaban J connectivity index is 2.01. The van der Waals surface area contributed by atoms with Crippen LogP contribution >= 0.6 is 0 Å². The summed E-state index contributed by atoms with van der Waals surface area (Å²) < 4.78 is 79.5. The monoisotopic (exact) mass is 445 g/mol. The van der Waals surface area contributed by atoms with Crippen LogP contribution in [0.1, 0.15) is 35.1 Å². The zero-order valence-electron chi connectivity index (χ0n) is 16.6. The molecular formula is C22H21F6NO2. The number of carbonyl (C=O) groups is 1. The van der Waals surface area contributed by atoms with Crippen molar-refractivity contribution in [3.05, 3.63) is 64.7 Å². The second-order valence-electron chi connectivity index (χ2n) is 7.66. The fraction of sp³-hybridized carbons (Fsp3) is 0.409. The highest BCUT2D eigenvalue weighted by molar-refractivity contribution is 5.95. The summed E-state index contributed by atoms with van der Waals surface area (Å²) in [5.41, 5.74) is -4.16. The molecule has 1 heterocycles. The van der Waals surface area contributed by atoms with Crippen LogP contribution in [0, 0.1) is 6.92 Å². The standard InChI is InChI=1S/C22H21F6NO2/c1-14-6-2-3-7-15(14)13-19(30)29-11-5-4-8-16-12-17(9-10-18(16)29)20(31,21(23,24)25)22(26,27)28/h2-3,6-7,9-10,12,31H,4-5,8,11,13H2,1H3. The molecule has 3 rings (SSSR count). The van der Waals surface area contributed by atoms with Gasteiger partial charge in [0, 0.05) is 17.8 Å². The number of hydrogen-bond acceptors (Lipinski definition) is 2. The minimum Gasteiger partial charge on any atom is -0.369 e. The van der Waals surface area contributed by atoms with Gasteiger partial charge in [-0.15, -0.1) is 0 Å². The minimum absolute atomic E-state index is 0.0584. The van der Waals surface area contributed by atoms with Crippen molar-refractivity contribution in [1.29, 1.82) is 0 Å². The third-order valence-electron chi connectivity index (χ3n) is 5.59. The lowest BCUT2D eigenvalue weighted by atomic mass is 9.89. The summed E-state index contributed by atoms with van der Waals surface area (Å²) in [4.78, 5) is 14.4. The summed E-state index contributed by atoms with van der Waals surface area (Å²) in [5.74, 6) is -0.299. The number of carbonyl (C=O) groups excluding carboxylic acids is 1. The first-order valence-corrected chi connectivity index (χ1v) is 9.70. The van der Waals surface area contributed by atoms with Gasteiger partial charge in [0.25, 0.3) is 5.60 Å². The molecule has 0 radical (unpaired) electrons. The van der Waals surface area contributed by atoms with Crippen LogP contribution in [-0.2, 0) is 23.2 Å². The molecule has 1 aliphatic rings. The predicted molar refractivity (Wildman–Crippen MR) is 103 cm³/mol. The van der Waals surface area contributed by atoms with Crippen LogP contribution < -0.4 is 4.90 Å². The van der Waals surface area contributed by atoms with E-state index in [-0.39, 0.29) is 30.0 Å². The van der Waals surface area contributed by atoms with Crippen LogP contribution in [0.4, 0.5) is 32.0 Å². The first-order chi connectivity index (χ1) is 14.4. The normalized spacial score (nSPS) is 15.4. The lowest BCUT2D eigenvalue weighted by Crippen LogP contribution is -2.54. The van der Waals surface area contributed by atoms with Gasteiger partial charge in [0.2, 0.25) is 5.91 Å². The minimum atomic E-state index is -5.95. The zero-order chi connectivity index (χ0) is 23.0. The Hall–Kier alpha value is -2.55. The SMILES string of the molecule is Cc1ccccc1CC(=O)N1CCCCc2cc(C(O)(C(F)(F)F)C(F)(F)F)ccc21. The van der Waals surface area contributed by atoms with Crippen LogP contribution in [0.3, 0.4) is 0 Å². The van der Waals surface area contributed by atoms with Gasteiger partial charge < -0.3 is 10.0 Å². The first kappa shape index (κ1) is 23.1. The van der Waals surface area contributed by atoms with Crippen molar-refractivity contribution in [3.63, 3.8) is 0 Å². The van der Waals surface area contributed by atoms with Crippen molar-refractivity contribution >= 4 is 11.6 Å². The van der Waals surface area contributed by atoms with E-state index in [1.165, 1.54) is 4.90 Å². The lowest BCUT2D eigenvalue weighted by Gasteiger charge is -2.33. The number of hydrogen-bond donors (Lipinski definition) is 1. The van der Waals surface area contributed by atoms with Gasteiger partial charge in [0.15, 0.2) is 0 Å². The molecule has 31 heavy (non-hydrogen) atoms. The van der Waals surface area contributed by atoms with Gasteiger partial charge in [-0.05, 0) is 48.9 Å². The highest BCUT2D eigenvalue weighted by atomic mass is 19.4. The van der Waals surface area contributed by atoms with Gasteiger partial charge in [-0.25, -0.2) is 0 Å². The van der Waals surface area contributed by atoms with Gasteiger partial charge in [-0.2, -0.15) is 26.3 Å². The third kappa shape index (κ3) is 4.28. The van der Waals surface area contributed by atoms with Crippen molar-refractivity contribution in [2.75, 3.05) is 11.4 Å². The number of fused-ring (bicyclic) bond motifs is 1. The van der Waals surface area contributed by atoms with Crippen LogP contribution in [0.25, 0.3) is 0 Å². The molecule has 0 fully saturated rings. The predicted octanol–water partition coefficient (Wildman–Crippen LogP) is 5.22. The highest BCUT2D eigenvalue weighted by Gasteiger charge is 2.71. The maximum atomic E-state index is 13.2. The Morgan fingerprint density at radius 2 is 1.65 bits per heavy atom. The molecule has 3 nitrogen and oxygen atoms in total. The van der Waals surface area contributed by atoms with Crippen molar-refractivity contribution in [3.8, 4) is 0 Å². The van der Waals surface area contributed by atoms with Gasteiger partial charge >= 0.3 is 12.4 Å². The average molecular weight is 445 g/mol. The smallest absolute Gasteiger partial charge is 0.369 e. The molecule has 0 aliphatic carbocycles. The van der Waals surface area contributed by atoms with Crippen molar-refractivity contribution in [2.24, 2.45) is 0 Å². The van der Waals surface area contributed by atoms with E-state index in [4.69, 9.17) is 0 Å². The van der Waals surface area contributed by atoms with Crippen molar-refractivity contribution < 1.29 is 36.2 Å². The molecule has 0 unspecified atom stereocenters. The topological polar surface area (TPSA) is 40.5 Å². The number of amides is 1. The number of anilines is 1. The third-order valence-corrected chi connectivity index (χ3v) is 5.59. The summed E-state index contributed by atoms with van der Waals surface area (Å²) in [6, 6.07) is 9.63. The molecule has 0 aromatic heterocycles. The van der Waals surface area contributed by atoms with E-state index < -0.39 is 23.5 Å². The Bertz CT molecular complexity index is 953. The van der Waals surface area contributed by atoms with Crippen LogP contribution in [-0.4, -0.2) is 29.9 Å². The lowest BCUT2D eigenvalue weighted by molar-refractivity contribution is -0.376. The molecule has 0 saturated carbocycles. The number of aliphatic hydroxyl groups is 1. The molecule has 168 valence electrons. The molecule has 2 aromatic carbocycles. The van der Waals surface area contributed by atoms with Crippen LogP contribution in [0.15, 0.2) is 42.5 Å². The van der Waals surface area contributed by atoms with Gasteiger partial charge in [0.05, 0.1) is 6.42 Å². The van der Waals surface area contributed by atoms with Crippen LogP contribution in [0.2, 0.25) is 0 Å². The summed E-state index contributed by atoms with van der Waals surface area (Å²) in [7, 11) is 0. The van der Waals surface area contributed by atoms with E-state index >= 15 is 0 Å². The van der Waals surface area contributed by atoms with Gasteiger partial charge in [-0.1, -0.05) is 36.4 Å². The molecule has 1 N–H and O–H groups in total. The van der Waals surface area contributed by atoms with Crippen molar-refractivity contribution in [1.82, 2.24) is 0 Å².